The van der Waals surface area contributed by atoms with Crippen LogP contribution in [0.1, 0.15) is 15.9 Å². The first-order valence-corrected chi connectivity index (χ1v) is 7.47. The molecule has 2 aromatic carbocycles. The Hall–Kier alpha value is -3.21. The van der Waals surface area contributed by atoms with Crippen LogP contribution in [0, 0.1) is 5.82 Å². The molecule has 1 amide bonds. The van der Waals surface area contributed by atoms with E-state index < -0.39 is 11.7 Å². The first-order valence-electron chi connectivity index (χ1n) is 7.47. The molecule has 0 aliphatic carbocycles. The number of benzene rings is 2. The lowest BCUT2D eigenvalue weighted by atomic mass is 10.0. The zero-order valence-corrected chi connectivity index (χ0v) is 12.9. The molecule has 0 unspecified atom stereocenters. The molecular formula is C19H16FN3O. The van der Waals surface area contributed by atoms with E-state index in [1.54, 1.807) is 24.4 Å². The second-order valence-corrected chi connectivity index (χ2v) is 5.30. The van der Waals surface area contributed by atoms with Gasteiger partial charge in [-0.1, -0.05) is 36.4 Å². The molecule has 0 radical (unpaired) electrons. The van der Waals surface area contributed by atoms with E-state index in [4.69, 9.17) is 5.73 Å². The van der Waals surface area contributed by atoms with Crippen LogP contribution in [-0.4, -0.2) is 10.9 Å². The fourth-order valence-electron chi connectivity index (χ4n) is 2.40. The molecule has 1 aromatic heterocycles. The molecule has 0 saturated heterocycles. The predicted octanol–water partition coefficient (Wildman–Crippen LogP) is 3.40. The van der Waals surface area contributed by atoms with Crippen LogP contribution in [0.15, 0.2) is 66.9 Å². The summed E-state index contributed by atoms with van der Waals surface area (Å²) in [5, 5.41) is 2.71. The molecule has 3 aromatic rings. The number of pyridine rings is 1. The van der Waals surface area contributed by atoms with Crippen molar-refractivity contribution in [2.45, 2.75) is 6.54 Å². The molecule has 0 spiro atoms. The van der Waals surface area contributed by atoms with Crippen molar-refractivity contribution in [2.75, 3.05) is 5.73 Å². The van der Waals surface area contributed by atoms with Crippen molar-refractivity contribution in [2.24, 2.45) is 0 Å². The van der Waals surface area contributed by atoms with Gasteiger partial charge < -0.3 is 11.1 Å². The monoisotopic (exact) mass is 321 g/mol. The van der Waals surface area contributed by atoms with E-state index >= 15 is 0 Å². The third-order valence-electron chi connectivity index (χ3n) is 3.66. The van der Waals surface area contributed by atoms with Gasteiger partial charge in [-0.2, -0.15) is 0 Å². The van der Waals surface area contributed by atoms with Gasteiger partial charge in [-0.25, -0.2) is 9.37 Å². The van der Waals surface area contributed by atoms with Crippen molar-refractivity contribution < 1.29 is 9.18 Å². The number of anilines is 1. The van der Waals surface area contributed by atoms with Crippen molar-refractivity contribution in [1.29, 1.82) is 0 Å². The van der Waals surface area contributed by atoms with Crippen molar-refractivity contribution in [1.82, 2.24) is 10.3 Å². The summed E-state index contributed by atoms with van der Waals surface area (Å²) in [5.74, 6) is -0.735. The van der Waals surface area contributed by atoms with Gasteiger partial charge in [-0.05, 0) is 35.4 Å². The number of carbonyl (C=O) groups excluding carboxylic acids is 1. The minimum Gasteiger partial charge on any atom is -0.383 e. The van der Waals surface area contributed by atoms with Gasteiger partial charge in [0.1, 0.15) is 11.6 Å². The van der Waals surface area contributed by atoms with Crippen LogP contribution in [0.25, 0.3) is 11.1 Å². The normalized spacial score (nSPS) is 10.4. The smallest absolute Gasteiger partial charge is 0.254 e. The third kappa shape index (κ3) is 3.41. The van der Waals surface area contributed by atoms with E-state index in [1.807, 2.05) is 30.3 Å². The molecule has 0 saturated carbocycles. The second kappa shape index (κ2) is 6.91. The summed E-state index contributed by atoms with van der Waals surface area (Å²) < 4.78 is 14.3. The van der Waals surface area contributed by atoms with Crippen LogP contribution < -0.4 is 11.1 Å². The van der Waals surface area contributed by atoms with Gasteiger partial charge in [0.05, 0.1) is 5.56 Å². The molecule has 0 fully saturated rings. The van der Waals surface area contributed by atoms with E-state index in [0.29, 0.717) is 23.5 Å². The fraction of sp³-hybridized carbons (Fsp3) is 0.0526. The molecular weight excluding hydrogens is 305 g/mol. The lowest BCUT2D eigenvalue weighted by Gasteiger charge is -2.09. The lowest BCUT2D eigenvalue weighted by molar-refractivity contribution is 0.0947. The highest BCUT2D eigenvalue weighted by Gasteiger charge is 2.13. The van der Waals surface area contributed by atoms with E-state index in [-0.39, 0.29) is 5.56 Å². The summed E-state index contributed by atoms with van der Waals surface area (Å²) in [7, 11) is 0. The Labute approximate surface area is 139 Å². The Morgan fingerprint density at radius 3 is 2.58 bits per heavy atom. The molecule has 4 nitrogen and oxygen atoms in total. The first kappa shape index (κ1) is 15.7. The molecule has 0 aliphatic heterocycles. The molecule has 3 rings (SSSR count). The van der Waals surface area contributed by atoms with E-state index in [9.17, 15) is 9.18 Å². The second-order valence-electron chi connectivity index (χ2n) is 5.30. The number of carbonyl (C=O) groups is 1. The molecule has 120 valence electrons. The van der Waals surface area contributed by atoms with Crippen molar-refractivity contribution >= 4 is 11.7 Å². The average molecular weight is 321 g/mol. The molecule has 0 aliphatic rings. The summed E-state index contributed by atoms with van der Waals surface area (Å²) in [5.41, 5.74) is 7.96. The first-order chi connectivity index (χ1) is 11.6. The van der Waals surface area contributed by atoms with E-state index in [0.717, 1.165) is 5.56 Å². The maximum absolute atomic E-state index is 14.3. The number of rotatable bonds is 4. The number of amides is 1. The Balaban J connectivity index is 1.77. The zero-order chi connectivity index (χ0) is 16.9. The molecule has 0 atom stereocenters. The molecule has 5 heteroatoms. The number of hydrogen-bond acceptors (Lipinski definition) is 3. The highest BCUT2D eigenvalue weighted by atomic mass is 19.1. The Morgan fingerprint density at radius 2 is 1.88 bits per heavy atom. The number of nitrogens with two attached hydrogens (primary N) is 1. The summed E-state index contributed by atoms with van der Waals surface area (Å²) >= 11 is 0. The quantitative estimate of drug-likeness (QED) is 0.774. The minimum absolute atomic E-state index is 0.00265. The van der Waals surface area contributed by atoms with Crippen LogP contribution >= 0.6 is 0 Å². The standard InChI is InChI=1S/C19H16FN3O/c20-17-11-14(15-7-4-10-22-18(15)21)8-9-16(17)19(24)23-12-13-5-2-1-3-6-13/h1-11H,12H2,(H2,21,22)(H,23,24). The van der Waals surface area contributed by atoms with Gasteiger partial charge in [0.15, 0.2) is 0 Å². The number of nitrogen functional groups attached to an aromatic ring is 1. The predicted molar refractivity (Wildman–Crippen MR) is 91.7 cm³/mol. The molecule has 24 heavy (non-hydrogen) atoms. The minimum atomic E-state index is -0.596. The summed E-state index contributed by atoms with van der Waals surface area (Å²) in [6, 6.07) is 17.3. The number of hydrogen-bond donors (Lipinski definition) is 2. The van der Waals surface area contributed by atoms with Gasteiger partial charge >= 0.3 is 0 Å². The molecule has 3 N–H and O–H groups in total. The maximum atomic E-state index is 14.3. The van der Waals surface area contributed by atoms with E-state index in [1.165, 1.54) is 12.1 Å². The van der Waals surface area contributed by atoms with Gasteiger partial charge in [0, 0.05) is 18.3 Å². The van der Waals surface area contributed by atoms with Crippen LogP contribution in [0.4, 0.5) is 10.2 Å². The highest BCUT2D eigenvalue weighted by molar-refractivity contribution is 5.95. The van der Waals surface area contributed by atoms with Crippen molar-refractivity contribution in [3.8, 4) is 11.1 Å². The van der Waals surface area contributed by atoms with Gasteiger partial charge in [-0.3, -0.25) is 4.79 Å². The summed E-state index contributed by atoms with van der Waals surface area (Å²) in [6.45, 7) is 0.344. The Bertz CT molecular complexity index is 865. The Morgan fingerprint density at radius 1 is 1.08 bits per heavy atom. The van der Waals surface area contributed by atoms with E-state index in [2.05, 4.69) is 10.3 Å². The fourth-order valence-corrected chi connectivity index (χ4v) is 2.40. The lowest BCUT2D eigenvalue weighted by Crippen LogP contribution is -2.23. The van der Waals surface area contributed by atoms with Crippen LogP contribution in [0.2, 0.25) is 0 Å². The SMILES string of the molecule is Nc1ncccc1-c1ccc(C(=O)NCc2ccccc2)c(F)c1. The third-order valence-corrected chi connectivity index (χ3v) is 3.66. The van der Waals surface area contributed by atoms with Crippen molar-refractivity contribution in [3.63, 3.8) is 0 Å². The number of nitrogens with one attached hydrogen (secondary N) is 1. The van der Waals surface area contributed by atoms with Crippen molar-refractivity contribution in [3.05, 3.63) is 83.8 Å². The highest BCUT2D eigenvalue weighted by Crippen LogP contribution is 2.25. The summed E-state index contributed by atoms with van der Waals surface area (Å²) in [6.07, 6.45) is 1.57. The number of aromatic nitrogens is 1. The Kier molecular flexibility index (Phi) is 4.52. The van der Waals surface area contributed by atoms with Gasteiger partial charge in [0.2, 0.25) is 0 Å². The largest absolute Gasteiger partial charge is 0.383 e. The average Bonchev–Trinajstić information content (AvgIpc) is 2.61. The topological polar surface area (TPSA) is 68.0 Å². The molecule has 0 bridgehead atoms. The van der Waals surface area contributed by atoms with Crippen LogP contribution in [0.3, 0.4) is 0 Å². The maximum Gasteiger partial charge on any atom is 0.254 e. The number of nitrogens with zero attached hydrogens (tertiary/aromatic N) is 1. The molecule has 1 heterocycles. The number of halogens is 1. The van der Waals surface area contributed by atoms with Gasteiger partial charge in [0.25, 0.3) is 5.91 Å². The van der Waals surface area contributed by atoms with Crippen LogP contribution in [-0.2, 0) is 6.54 Å². The van der Waals surface area contributed by atoms with Gasteiger partial charge in [-0.15, -0.1) is 0 Å². The summed E-state index contributed by atoms with van der Waals surface area (Å²) in [4.78, 5) is 16.1. The zero-order valence-electron chi connectivity index (χ0n) is 12.9. The van der Waals surface area contributed by atoms with Crippen LogP contribution in [0.5, 0.6) is 0 Å².